The molecule has 0 spiro atoms. The fourth-order valence-electron chi connectivity index (χ4n) is 3.42. The molecule has 0 atom stereocenters. The number of aromatic nitrogens is 2. The molecule has 0 radical (unpaired) electrons. The summed E-state index contributed by atoms with van der Waals surface area (Å²) >= 11 is 0. The van der Waals surface area contributed by atoms with Gasteiger partial charge in [0.05, 0.1) is 11.8 Å². The minimum absolute atomic E-state index is 0.0356. The normalized spacial score (nSPS) is 14.6. The van der Waals surface area contributed by atoms with Gasteiger partial charge >= 0.3 is 0 Å². The minimum Gasteiger partial charge on any atom is -0.393 e. The number of hydrogen-bond acceptors (Lipinski definition) is 6. The molecule has 2 heterocycles. The third-order valence-corrected chi connectivity index (χ3v) is 5.12. The number of aliphatic hydroxyl groups excluding tert-OH is 1. The zero-order valence-electron chi connectivity index (χ0n) is 16.4. The first-order chi connectivity index (χ1) is 14.1. The Bertz CT molecular complexity index is 982. The maximum Gasteiger partial charge on any atom is 0.229 e. The summed E-state index contributed by atoms with van der Waals surface area (Å²) in [5, 5.41) is 13.1. The van der Waals surface area contributed by atoms with Gasteiger partial charge in [-0.1, -0.05) is 30.3 Å². The van der Waals surface area contributed by atoms with E-state index in [0.717, 1.165) is 48.7 Å². The van der Waals surface area contributed by atoms with Crippen molar-refractivity contribution in [2.24, 2.45) is 0 Å². The molecule has 0 amide bonds. The van der Waals surface area contributed by atoms with Gasteiger partial charge in [0.25, 0.3) is 0 Å². The molecule has 0 unspecified atom stereocenters. The number of rotatable bonds is 5. The molecular formula is C23H24N4O2. The van der Waals surface area contributed by atoms with Crippen LogP contribution in [-0.2, 0) is 0 Å². The van der Waals surface area contributed by atoms with Crippen LogP contribution in [0, 0.1) is 0 Å². The smallest absolute Gasteiger partial charge is 0.229 e. The second kappa shape index (κ2) is 8.41. The Labute approximate surface area is 170 Å². The molecular weight excluding hydrogens is 364 g/mol. The maximum atomic E-state index is 11.5. The van der Waals surface area contributed by atoms with Gasteiger partial charge in [0.2, 0.25) is 5.95 Å². The third kappa shape index (κ3) is 4.60. The second-order valence-corrected chi connectivity index (χ2v) is 7.28. The lowest BCUT2D eigenvalue weighted by molar-refractivity contribution is 0.101. The quantitative estimate of drug-likeness (QED) is 0.642. The van der Waals surface area contributed by atoms with E-state index in [1.165, 1.54) is 0 Å². The van der Waals surface area contributed by atoms with Crippen LogP contribution < -0.4 is 10.2 Å². The Kier molecular flexibility index (Phi) is 5.53. The van der Waals surface area contributed by atoms with Gasteiger partial charge in [-0.05, 0) is 44.0 Å². The van der Waals surface area contributed by atoms with Gasteiger partial charge in [-0.25, -0.2) is 4.98 Å². The van der Waals surface area contributed by atoms with E-state index in [0.29, 0.717) is 11.5 Å². The fourth-order valence-corrected chi connectivity index (χ4v) is 3.42. The number of anilines is 3. The predicted octanol–water partition coefficient (Wildman–Crippen LogP) is 4.05. The van der Waals surface area contributed by atoms with Crippen molar-refractivity contribution in [3.63, 3.8) is 0 Å². The summed E-state index contributed by atoms with van der Waals surface area (Å²) in [5.41, 5.74) is 3.34. The van der Waals surface area contributed by atoms with Crippen LogP contribution in [0.2, 0.25) is 0 Å². The maximum absolute atomic E-state index is 11.5. The Morgan fingerprint density at radius 2 is 1.72 bits per heavy atom. The molecule has 1 fully saturated rings. The molecule has 1 aliphatic rings. The third-order valence-electron chi connectivity index (χ3n) is 5.12. The van der Waals surface area contributed by atoms with Crippen molar-refractivity contribution in [3.05, 3.63) is 66.2 Å². The number of piperidine rings is 1. The summed E-state index contributed by atoms with van der Waals surface area (Å²) in [6.07, 6.45) is 1.24. The SMILES string of the molecule is CC(=O)c1ccc(Nc2nc(-c3ccccc3)cc(N3CCC(O)CC3)n2)cc1. The van der Waals surface area contributed by atoms with E-state index >= 15 is 0 Å². The Morgan fingerprint density at radius 3 is 2.38 bits per heavy atom. The van der Waals surface area contributed by atoms with Crippen LogP contribution in [0.25, 0.3) is 11.3 Å². The van der Waals surface area contributed by atoms with Crippen LogP contribution in [-0.4, -0.2) is 40.1 Å². The molecule has 1 saturated heterocycles. The van der Waals surface area contributed by atoms with Crippen molar-refractivity contribution >= 4 is 23.2 Å². The summed E-state index contributed by atoms with van der Waals surface area (Å²) in [5.74, 6) is 1.38. The van der Waals surface area contributed by atoms with Crippen molar-refractivity contribution in [1.82, 2.24) is 9.97 Å². The molecule has 0 bridgehead atoms. The number of hydrogen-bond donors (Lipinski definition) is 2. The molecule has 148 valence electrons. The average Bonchev–Trinajstić information content (AvgIpc) is 2.75. The van der Waals surface area contributed by atoms with Crippen molar-refractivity contribution in [2.75, 3.05) is 23.3 Å². The van der Waals surface area contributed by atoms with E-state index in [1.54, 1.807) is 19.1 Å². The highest BCUT2D eigenvalue weighted by Gasteiger charge is 2.20. The highest BCUT2D eigenvalue weighted by atomic mass is 16.3. The molecule has 1 aromatic heterocycles. The first-order valence-corrected chi connectivity index (χ1v) is 9.84. The van der Waals surface area contributed by atoms with E-state index in [4.69, 9.17) is 9.97 Å². The van der Waals surface area contributed by atoms with Crippen LogP contribution in [0.4, 0.5) is 17.5 Å². The molecule has 0 saturated carbocycles. The average molecular weight is 388 g/mol. The van der Waals surface area contributed by atoms with E-state index < -0.39 is 0 Å². The molecule has 3 aromatic rings. The zero-order valence-corrected chi connectivity index (χ0v) is 16.4. The van der Waals surface area contributed by atoms with Gasteiger partial charge in [-0.3, -0.25) is 4.79 Å². The first kappa shape index (κ1) is 19.1. The molecule has 6 nitrogen and oxygen atoms in total. The lowest BCUT2D eigenvalue weighted by Gasteiger charge is -2.30. The molecule has 29 heavy (non-hydrogen) atoms. The molecule has 1 aliphatic heterocycles. The zero-order chi connectivity index (χ0) is 20.2. The van der Waals surface area contributed by atoms with E-state index in [-0.39, 0.29) is 11.9 Å². The van der Waals surface area contributed by atoms with Crippen LogP contribution in [0.1, 0.15) is 30.1 Å². The van der Waals surface area contributed by atoms with Gasteiger partial charge in [0, 0.05) is 36.0 Å². The summed E-state index contributed by atoms with van der Waals surface area (Å²) in [7, 11) is 0. The number of benzene rings is 2. The molecule has 4 rings (SSSR count). The Morgan fingerprint density at radius 1 is 1.03 bits per heavy atom. The van der Waals surface area contributed by atoms with Crippen LogP contribution in [0.5, 0.6) is 0 Å². The van der Waals surface area contributed by atoms with Crippen LogP contribution >= 0.6 is 0 Å². The monoisotopic (exact) mass is 388 g/mol. The van der Waals surface area contributed by atoms with Crippen molar-refractivity contribution in [3.8, 4) is 11.3 Å². The number of carbonyl (C=O) groups is 1. The van der Waals surface area contributed by atoms with Gasteiger partial charge in [0.15, 0.2) is 5.78 Å². The van der Waals surface area contributed by atoms with Crippen LogP contribution in [0.15, 0.2) is 60.7 Å². The Balaban J connectivity index is 1.66. The number of ketones is 1. The standard InChI is InChI=1S/C23H24N4O2/c1-16(28)17-7-9-19(10-8-17)24-23-25-21(18-5-3-2-4-6-18)15-22(26-23)27-13-11-20(29)12-14-27/h2-10,15,20,29H,11-14H2,1H3,(H,24,25,26). The number of carbonyl (C=O) groups excluding carboxylic acids is 1. The number of nitrogens with one attached hydrogen (secondary N) is 1. The topological polar surface area (TPSA) is 78.4 Å². The number of aliphatic hydroxyl groups is 1. The molecule has 2 aromatic carbocycles. The van der Waals surface area contributed by atoms with Crippen molar-refractivity contribution < 1.29 is 9.90 Å². The van der Waals surface area contributed by atoms with Crippen LogP contribution in [0.3, 0.4) is 0 Å². The highest BCUT2D eigenvalue weighted by Crippen LogP contribution is 2.27. The largest absolute Gasteiger partial charge is 0.393 e. The Hall–Kier alpha value is -3.25. The van der Waals surface area contributed by atoms with Crippen molar-refractivity contribution in [2.45, 2.75) is 25.9 Å². The summed E-state index contributed by atoms with van der Waals surface area (Å²) in [6, 6.07) is 19.3. The first-order valence-electron chi connectivity index (χ1n) is 9.84. The minimum atomic E-state index is -0.237. The number of Topliss-reactive ketones (excluding diaryl/α,β-unsaturated/α-hetero) is 1. The van der Waals surface area contributed by atoms with Gasteiger partial charge in [-0.2, -0.15) is 4.98 Å². The van der Waals surface area contributed by atoms with E-state index in [9.17, 15) is 9.90 Å². The molecule has 2 N–H and O–H groups in total. The van der Waals surface area contributed by atoms with Crippen molar-refractivity contribution in [1.29, 1.82) is 0 Å². The fraction of sp³-hybridized carbons (Fsp3) is 0.261. The van der Waals surface area contributed by atoms with E-state index in [1.807, 2.05) is 48.5 Å². The summed E-state index contributed by atoms with van der Waals surface area (Å²) < 4.78 is 0. The summed E-state index contributed by atoms with van der Waals surface area (Å²) in [4.78, 5) is 23.1. The van der Waals surface area contributed by atoms with Gasteiger partial charge < -0.3 is 15.3 Å². The number of nitrogens with zero attached hydrogens (tertiary/aromatic N) is 3. The lowest BCUT2D eigenvalue weighted by atomic mass is 10.1. The van der Waals surface area contributed by atoms with Gasteiger partial charge in [-0.15, -0.1) is 0 Å². The van der Waals surface area contributed by atoms with Gasteiger partial charge in [0.1, 0.15) is 5.82 Å². The van der Waals surface area contributed by atoms with E-state index in [2.05, 4.69) is 10.2 Å². The highest BCUT2D eigenvalue weighted by molar-refractivity contribution is 5.94. The molecule has 6 heteroatoms. The second-order valence-electron chi connectivity index (χ2n) is 7.28. The lowest BCUT2D eigenvalue weighted by Crippen LogP contribution is -2.36. The molecule has 0 aliphatic carbocycles. The predicted molar refractivity (Wildman–Crippen MR) is 115 cm³/mol. The summed E-state index contributed by atoms with van der Waals surface area (Å²) in [6.45, 7) is 3.08.